The number of thioether (sulfide) groups is 1. The van der Waals surface area contributed by atoms with Gasteiger partial charge in [-0.2, -0.15) is 0 Å². The van der Waals surface area contributed by atoms with E-state index in [2.05, 4.69) is 48.4 Å². The first-order valence-corrected chi connectivity index (χ1v) is 7.90. The number of aryl methyl sites for hydroxylation is 1. The van der Waals surface area contributed by atoms with Gasteiger partial charge in [0.2, 0.25) is 0 Å². The Kier molecular flexibility index (Phi) is 5.26. The van der Waals surface area contributed by atoms with Crippen molar-refractivity contribution >= 4 is 11.8 Å². The topological polar surface area (TPSA) is 38.1 Å². The van der Waals surface area contributed by atoms with E-state index in [1.165, 1.54) is 11.1 Å². The van der Waals surface area contributed by atoms with Gasteiger partial charge in [0, 0.05) is 11.8 Å². The number of rotatable bonds is 6. The van der Waals surface area contributed by atoms with Crippen LogP contribution in [0.2, 0.25) is 0 Å². The Morgan fingerprint density at radius 2 is 1.85 bits per heavy atom. The van der Waals surface area contributed by atoms with E-state index >= 15 is 0 Å². The lowest BCUT2D eigenvalue weighted by molar-refractivity contribution is 0.453. The van der Waals surface area contributed by atoms with Crippen molar-refractivity contribution in [2.24, 2.45) is 0 Å². The lowest BCUT2D eigenvalue weighted by atomic mass is 10.00. The Balaban J connectivity index is 2.00. The van der Waals surface area contributed by atoms with Crippen LogP contribution in [0.15, 0.2) is 40.2 Å². The Hall–Kier alpha value is -1.26. The molecule has 1 unspecified atom stereocenters. The van der Waals surface area contributed by atoms with Gasteiger partial charge in [0.05, 0.1) is 5.69 Å². The third-order valence-electron chi connectivity index (χ3n) is 3.33. The van der Waals surface area contributed by atoms with Crippen molar-refractivity contribution in [2.75, 3.05) is 12.8 Å². The van der Waals surface area contributed by atoms with Crippen molar-refractivity contribution in [1.29, 1.82) is 0 Å². The molecule has 1 atom stereocenters. The van der Waals surface area contributed by atoms with Crippen molar-refractivity contribution in [3.63, 3.8) is 0 Å². The average Bonchev–Trinajstić information content (AvgIpc) is 2.86. The molecule has 0 saturated carbocycles. The van der Waals surface area contributed by atoms with Gasteiger partial charge in [0.1, 0.15) is 6.26 Å². The van der Waals surface area contributed by atoms with E-state index in [1.807, 2.05) is 14.0 Å². The summed E-state index contributed by atoms with van der Waals surface area (Å²) in [4.78, 5) is 4.32. The lowest BCUT2D eigenvalue weighted by Crippen LogP contribution is -2.18. The minimum atomic E-state index is 0.299. The van der Waals surface area contributed by atoms with E-state index in [0.29, 0.717) is 12.0 Å². The van der Waals surface area contributed by atoms with Gasteiger partial charge in [0.25, 0.3) is 5.22 Å². The molecule has 0 fully saturated rings. The van der Waals surface area contributed by atoms with Gasteiger partial charge in [0.15, 0.2) is 0 Å². The number of oxazole rings is 1. The first kappa shape index (κ1) is 15.1. The molecule has 2 rings (SSSR count). The molecule has 2 aromatic rings. The van der Waals surface area contributed by atoms with Gasteiger partial charge in [-0.1, -0.05) is 49.9 Å². The molecule has 1 N–H and O–H groups in total. The van der Waals surface area contributed by atoms with E-state index in [1.54, 1.807) is 18.0 Å². The number of hydrogen-bond acceptors (Lipinski definition) is 4. The highest BCUT2D eigenvalue weighted by Crippen LogP contribution is 2.25. The van der Waals surface area contributed by atoms with Crippen molar-refractivity contribution in [1.82, 2.24) is 10.3 Å². The molecule has 0 spiro atoms. The molecule has 0 amide bonds. The maximum absolute atomic E-state index is 5.37. The van der Waals surface area contributed by atoms with Crippen molar-refractivity contribution in [3.05, 3.63) is 47.3 Å². The molecular formula is C16H22N2OS. The second kappa shape index (κ2) is 6.95. The smallest absolute Gasteiger partial charge is 0.255 e. The molecule has 0 aliphatic rings. The Morgan fingerprint density at radius 3 is 2.35 bits per heavy atom. The Bertz CT molecular complexity index is 534. The quantitative estimate of drug-likeness (QED) is 0.811. The van der Waals surface area contributed by atoms with E-state index in [-0.39, 0.29) is 0 Å². The van der Waals surface area contributed by atoms with E-state index in [9.17, 15) is 0 Å². The van der Waals surface area contributed by atoms with E-state index in [0.717, 1.165) is 16.7 Å². The molecule has 1 heterocycles. The molecule has 4 heteroatoms. The highest BCUT2D eigenvalue weighted by molar-refractivity contribution is 7.99. The lowest BCUT2D eigenvalue weighted by Gasteiger charge is -2.16. The van der Waals surface area contributed by atoms with Crippen LogP contribution in [0, 0.1) is 6.92 Å². The number of nitrogens with zero attached hydrogens (tertiary/aromatic N) is 1. The first-order chi connectivity index (χ1) is 9.60. The van der Waals surface area contributed by atoms with E-state index in [4.69, 9.17) is 4.42 Å². The fraction of sp³-hybridized carbons (Fsp3) is 0.438. The molecule has 0 bridgehead atoms. The highest BCUT2D eigenvalue weighted by atomic mass is 32.2. The Morgan fingerprint density at radius 1 is 1.20 bits per heavy atom. The molecule has 0 radical (unpaired) electrons. The number of aromatic nitrogens is 1. The van der Waals surface area contributed by atoms with Crippen LogP contribution in [0.4, 0.5) is 0 Å². The summed E-state index contributed by atoms with van der Waals surface area (Å²) in [6, 6.07) is 9.14. The predicted octanol–water partition coefficient (Wildman–Crippen LogP) is 4.16. The van der Waals surface area contributed by atoms with Gasteiger partial charge < -0.3 is 9.73 Å². The van der Waals surface area contributed by atoms with Crippen LogP contribution in [0.5, 0.6) is 0 Å². The third-order valence-corrected chi connectivity index (χ3v) is 4.26. The van der Waals surface area contributed by atoms with Gasteiger partial charge in [-0.25, -0.2) is 4.98 Å². The van der Waals surface area contributed by atoms with Crippen LogP contribution in [0.1, 0.15) is 42.6 Å². The van der Waals surface area contributed by atoms with Crippen molar-refractivity contribution in [2.45, 2.75) is 38.0 Å². The maximum Gasteiger partial charge on any atom is 0.255 e. The van der Waals surface area contributed by atoms with Crippen molar-refractivity contribution < 1.29 is 4.42 Å². The van der Waals surface area contributed by atoms with E-state index < -0.39 is 0 Å². The summed E-state index contributed by atoms with van der Waals surface area (Å²) in [6.45, 7) is 6.37. The van der Waals surface area contributed by atoms with Crippen LogP contribution in [-0.4, -0.2) is 17.8 Å². The van der Waals surface area contributed by atoms with Gasteiger partial charge >= 0.3 is 0 Å². The third kappa shape index (κ3) is 3.87. The first-order valence-electron chi connectivity index (χ1n) is 6.92. The average molecular weight is 290 g/mol. The molecular weight excluding hydrogens is 268 g/mol. The summed E-state index contributed by atoms with van der Waals surface area (Å²) >= 11 is 1.64. The number of nitrogens with one attached hydrogen (secondary N) is 1. The largest absolute Gasteiger partial charge is 0.440 e. The van der Waals surface area contributed by atoms with Crippen molar-refractivity contribution in [3.8, 4) is 0 Å². The minimum Gasteiger partial charge on any atom is -0.440 e. The molecule has 3 nitrogen and oxygen atoms in total. The zero-order chi connectivity index (χ0) is 14.5. The summed E-state index contributed by atoms with van der Waals surface area (Å²) in [6.07, 6.45) is 1.69. The minimum absolute atomic E-state index is 0.299. The Labute approximate surface area is 125 Å². The summed E-state index contributed by atoms with van der Waals surface area (Å²) in [7, 11) is 1.99. The van der Waals surface area contributed by atoms with Crippen LogP contribution in [0.25, 0.3) is 0 Å². The van der Waals surface area contributed by atoms with Gasteiger partial charge in [-0.3, -0.25) is 0 Å². The normalized spacial score (nSPS) is 12.8. The second-order valence-electron chi connectivity index (χ2n) is 5.23. The standard InChI is InChI=1S/C16H22N2OS/c1-11(2)13-5-7-14(8-6-13)15(17-4)10-20-16-18-12(3)9-19-16/h5-9,11,15,17H,10H2,1-4H3. The molecule has 0 aliphatic heterocycles. The summed E-state index contributed by atoms with van der Waals surface area (Å²) < 4.78 is 5.37. The molecule has 108 valence electrons. The van der Waals surface area contributed by atoms with Gasteiger partial charge in [-0.15, -0.1) is 0 Å². The zero-order valence-electron chi connectivity index (χ0n) is 12.5. The molecule has 1 aromatic heterocycles. The summed E-state index contributed by atoms with van der Waals surface area (Å²) in [5.41, 5.74) is 3.60. The molecule has 20 heavy (non-hydrogen) atoms. The van der Waals surface area contributed by atoms with Crippen LogP contribution >= 0.6 is 11.8 Å². The number of benzene rings is 1. The SMILES string of the molecule is CNC(CSc1nc(C)co1)c1ccc(C(C)C)cc1. The molecule has 1 aromatic carbocycles. The molecule has 0 aliphatic carbocycles. The van der Waals surface area contributed by atoms with Crippen LogP contribution < -0.4 is 5.32 Å². The van der Waals surface area contributed by atoms with Gasteiger partial charge in [-0.05, 0) is 31.0 Å². The summed E-state index contributed by atoms with van der Waals surface area (Å²) in [5.74, 6) is 1.47. The zero-order valence-corrected chi connectivity index (χ0v) is 13.3. The fourth-order valence-corrected chi connectivity index (χ4v) is 3.01. The summed E-state index contributed by atoms with van der Waals surface area (Å²) in [5, 5.41) is 4.09. The highest BCUT2D eigenvalue weighted by Gasteiger charge is 2.12. The number of hydrogen-bond donors (Lipinski definition) is 1. The monoisotopic (exact) mass is 290 g/mol. The van der Waals surface area contributed by atoms with Crippen LogP contribution in [-0.2, 0) is 0 Å². The maximum atomic E-state index is 5.37. The fourth-order valence-electron chi connectivity index (χ4n) is 2.01. The van der Waals surface area contributed by atoms with Crippen LogP contribution in [0.3, 0.4) is 0 Å². The second-order valence-corrected chi connectivity index (χ2v) is 6.20. The molecule has 0 saturated heterocycles. The predicted molar refractivity (Wildman–Crippen MR) is 84.3 cm³/mol.